The van der Waals surface area contributed by atoms with Crippen LogP contribution in [0.15, 0.2) is 65.6 Å². The molecule has 4 aromatic heterocycles. The monoisotopic (exact) mass is 504 g/mol. The Morgan fingerprint density at radius 3 is 2.74 bits per heavy atom. The molecule has 34 heavy (non-hydrogen) atoms. The zero-order chi connectivity index (χ0) is 24.1. The molecule has 0 aliphatic carbocycles. The molecule has 0 amide bonds. The van der Waals surface area contributed by atoms with Crippen LogP contribution < -0.4 is 15.0 Å². The van der Waals surface area contributed by atoms with Gasteiger partial charge in [0.25, 0.3) is 5.82 Å². The summed E-state index contributed by atoms with van der Waals surface area (Å²) in [5.74, 6) is 1.08. The highest BCUT2D eigenvalue weighted by Crippen LogP contribution is 2.35. The van der Waals surface area contributed by atoms with Crippen molar-refractivity contribution in [2.45, 2.75) is 19.8 Å². The third-order valence-electron chi connectivity index (χ3n) is 4.66. The van der Waals surface area contributed by atoms with E-state index in [9.17, 15) is 4.57 Å². The molecular weight excluding hydrogens is 485 g/mol. The number of phosphoric acid groups is 1. The van der Waals surface area contributed by atoms with Crippen LogP contribution in [-0.2, 0) is 28.8 Å². The molecule has 13 heteroatoms. The van der Waals surface area contributed by atoms with Crippen molar-refractivity contribution in [3.8, 4) is 17.2 Å². The van der Waals surface area contributed by atoms with Crippen molar-refractivity contribution in [2.24, 2.45) is 0 Å². The van der Waals surface area contributed by atoms with Gasteiger partial charge in [-0.1, -0.05) is 22.8 Å². The first kappa shape index (κ1) is 23.8. The number of nitrogen functional groups attached to an aromatic ring is 1. The third-order valence-corrected chi connectivity index (χ3v) is 5.32. The van der Waals surface area contributed by atoms with Gasteiger partial charge in [-0.25, -0.2) is 23.6 Å². The van der Waals surface area contributed by atoms with E-state index in [1.54, 1.807) is 42.7 Å². The van der Waals surface area contributed by atoms with E-state index >= 15 is 0 Å². The van der Waals surface area contributed by atoms with Gasteiger partial charge >= 0.3 is 7.82 Å². The lowest BCUT2D eigenvalue weighted by Crippen LogP contribution is -2.38. The molecule has 0 aliphatic rings. The van der Waals surface area contributed by atoms with Crippen molar-refractivity contribution < 1.29 is 32.7 Å². The van der Waals surface area contributed by atoms with Crippen LogP contribution in [0, 0.1) is 0 Å². The molecular formula is C21H20ClN5O6P+. The summed E-state index contributed by atoms with van der Waals surface area (Å²) in [4.78, 5) is 26.0. The molecule has 4 rings (SSSR count). The molecule has 4 N–H and O–H groups in total. The molecule has 0 saturated carbocycles. The topological polar surface area (TPSA) is 158 Å². The second-order valence-corrected chi connectivity index (χ2v) is 8.79. The average molecular weight is 505 g/mol. The highest BCUT2D eigenvalue weighted by atomic mass is 35.5. The molecule has 4 aromatic rings. The molecule has 176 valence electrons. The van der Waals surface area contributed by atoms with E-state index < -0.39 is 14.6 Å². The number of rotatable bonds is 9. The molecule has 0 saturated heterocycles. The van der Waals surface area contributed by atoms with Gasteiger partial charge in [0.15, 0.2) is 5.76 Å². The van der Waals surface area contributed by atoms with Crippen LogP contribution in [0.1, 0.15) is 16.8 Å². The Morgan fingerprint density at radius 1 is 1.15 bits per heavy atom. The van der Waals surface area contributed by atoms with Gasteiger partial charge in [-0.3, -0.25) is 5.73 Å². The van der Waals surface area contributed by atoms with Gasteiger partial charge in [-0.2, -0.15) is 0 Å². The highest BCUT2D eigenvalue weighted by Gasteiger charge is 2.20. The first-order valence-electron chi connectivity index (χ1n) is 9.89. The number of nitrogens with zero attached hydrogens (tertiary/aromatic N) is 4. The van der Waals surface area contributed by atoms with Gasteiger partial charge in [-0.05, 0) is 35.4 Å². The van der Waals surface area contributed by atoms with Crippen molar-refractivity contribution in [1.29, 1.82) is 0 Å². The lowest BCUT2D eigenvalue weighted by atomic mass is 10.1. The summed E-state index contributed by atoms with van der Waals surface area (Å²) in [7, 11) is -4.63. The summed E-state index contributed by atoms with van der Waals surface area (Å²) in [6, 6.07) is 12.3. The molecule has 0 unspecified atom stereocenters. The molecule has 0 aliphatic heterocycles. The maximum atomic E-state index is 11.0. The number of anilines is 1. The van der Waals surface area contributed by atoms with Crippen molar-refractivity contribution in [3.05, 3.63) is 83.0 Å². The Kier molecular flexibility index (Phi) is 7.20. The summed E-state index contributed by atoms with van der Waals surface area (Å²) in [5.41, 5.74) is 9.05. The summed E-state index contributed by atoms with van der Waals surface area (Å²) < 4.78 is 27.9. The number of nitrogens with two attached hydrogens (primary N) is 1. The van der Waals surface area contributed by atoms with Crippen LogP contribution in [0.3, 0.4) is 0 Å². The summed E-state index contributed by atoms with van der Waals surface area (Å²) in [6.07, 6.45) is 5.30. The maximum Gasteiger partial charge on any atom is 0.472 e. The fourth-order valence-corrected chi connectivity index (χ4v) is 3.51. The van der Waals surface area contributed by atoms with E-state index in [4.69, 9.17) is 36.4 Å². The van der Waals surface area contributed by atoms with Gasteiger partial charge < -0.3 is 19.0 Å². The minimum absolute atomic E-state index is 0.206. The van der Waals surface area contributed by atoms with Gasteiger partial charge in [0.2, 0.25) is 12.6 Å². The van der Waals surface area contributed by atoms with Crippen LogP contribution in [0.5, 0.6) is 5.88 Å². The quantitative estimate of drug-likeness (QED) is 0.176. The van der Waals surface area contributed by atoms with Crippen molar-refractivity contribution >= 4 is 25.2 Å². The summed E-state index contributed by atoms with van der Waals surface area (Å²) >= 11 is 5.87. The fraction of sp³-hybridized carbons (Fsp3) is 0.143. The normalized spacial score (nSPS) is 11.5. The van der Waals surface area contributed by atoms with Crippen LogP contribution in [0.2, 0.25) is 5.15 Å². The first-order chi connectivity index (χ1) is 16.3. The molecule has 11 nitrogen and oxygen atoms in total. The SMILES string of the molecule is Nc1c(-c2cc(Cc3ccc(OCc4ccnc(Cl)c4)nc3)no2)ccc[n+]1COP(=O)(O)O. The Bertz CT molecular complexity index is 1330. The molecule has 4 heterocycles. The van der Waals surface area contributed by atoms with Crippen LogP contribution >= 0.6 is 19.4 Å². The minimum atomic E-state index is -4.63. The van der Waals surface area contributed by atoms with E-state index in [-0.39, 0.29) is 5.82 Å². The lowest BCUT2D eigenvalue weighted by Gasteiger charge is -2.07. The van der Waals surface area contributed by atoms with Crippen LogP contribution in [0.4, 0.5) is 5.82 Å². The average Bonchev–Trinajstić information content (AvgIpc) is 3.25. The molecule has 0 bridgehead atoms. The number of hydrogen-bond acceptors (Lipinski definition) is 8. The number of aromatic nitrogens is 4. The number of pyridine rings is 3. The van der Waals surface area contributed by atoms with Gasteiger partial charge in [-0.15, -0.1) is 0 Å². The van der Waals surface area contributed by atoms with Crippen molar-refractivity contribution in [3.63, 3.8) is 0 Å². The Balaban J connectivity index is 1.40. The number of ether oxygens (including phenoxy) is 1. The highest BCUT2D eigenvalue weighted by molar-refractivity contribution is 7.46. The van der Waals surface area contributed by atoms with Crippen molar-refractivity contribution in [1.82, 2.24) is 15.1 Å². The zero-order valence-electron chi connectivity index (χ0n) is 17.6. The predicted octanol–water partition coefficient (Wildman–Crippen LogP) is 2.89. The van der Waals surface area contributed by atoms with Gasteiger partial charge in [0.05, 0.1) is 11.9 Å². The second-order valence-electron chi connectivity index (χ2n) is 7.17. The summed E-state index contributed by atoms with van der Waals surface area (Å²) in [5, 5.41) is 4.48. The molecule has 0 aromatic carbocycles. The van der Waals surface area contributed by atoms with E-state index in [0.717, 1.165) is 11.1 Å². The molecule has 0 atom stereocenters. The Hall–Kier alpha value is -3.34. The van der Waals surface area contributed by atoms with Crippen LogP contribution in [0.25, 0.3) is 11.3 Å². The van der Waals surface area contributed by atoms with Crippen molar-refractivity contribution in [2.75, 3.05) is 5.73 Å². The van der Waals surface area contributed by atoms with Crippen LogP contribution in [-0.4, -0.2) is 24.9 Å². The fourth-order valence-electron chi connectivity index (χ4n) is 3.04. The molecule has 0 fully saturated rings. The smallest absolute Gasteiger partial charge is 0.472 e. The standard InChI is InChI=1S/C21H19ClN5O6P/c22-19-9-15(5-6-24-19)12-31-20-4-3-14(11-25-20)8-16-10-18(33-26-16)17-2-1-7-27(21(17)23)13-32-34(28,29)30/h1-7,9-11,23H,8,12-13H2,(H2,28,29,30)/p+1. The van der Waals surface area contributed by atoms with E-state index in [1.807, 2.05) is 12.1 Å². The third kappa shape index (κ3) is 6.37. The van der Waals surface area contributed by atoms with Gasteiger partial charge in [0, 0.05) is 30.9 Å². The Morgan fingerprint density at radius 2 is 2.00 bits per heavy atom. The van der Waals surface area contributed by atoms with E-state index in [2.05, 4.69) is 19.6 Å². The maximum absolute atomic E-state index is 11.0. The second kappa shape index (κ2) is 10.3. The first-order valence-corrected chi connectivity index (χ1v) is 11.8. The largest absolute Gasteiger partial charge is 0.473 e. The lowest BCUT2D eigenvalue weighted by molar-refractivity contribution is -0.711. The molecule has 0 spiro atoms. The number of phosphoric ester groups is 1. The Labute approximate surface area is 199 Å². The summed E-state index contributed by atoms with van der Waals surface area (Å²) in [6.45, 7) is -0.0990. The number of hydrogen-bond donors (Lipinski definition) is 3. The predicted molar refractivity (Wildman–Crippen MR) is 120 cm³/mol. The van der Waals surface area contributed by atoms with E-state index in [0.29, 0.717) is 41.1 Å². The van der Waals surface area contributed by atoms with E-state index in [1.165, 1.54) is 10.8 Å². The molecule has 0 radical (unpaired) electrons. The van der Waals surface area contributed by atoms with Gasteiger partial charge in [0.1, 0.15) is 17.3 Å². The minimum Gasteiger partial charge on any atom is -0.473 e. The number of halogens is 1. The zero-order valence-corrected chi connectivity index (χ0v) is 19.3.